The van der Waals surface area contributed by atoms with Crippen molar-refractivity contribution in [2.45, 2.75) is 32.7 Å². The first-order valence-corrected chi connectivity index (χ1v) is 8.03. The molecule has 0 aliphatic carbocycles. The van der Waals surface area contributed by atoms with Crippen molar-refractivity contribution in [2.24, 2.45) is 0 Å². The first-order valence-electron chi connectivity index (χ1n) is 8.03. The number of benzene rings is 1. The van der Waals surface area contributed by atoms with Crippen LogP contribution in [0.1, 0.15) is 38.3 Å². The Balaban J connectivity index is 1.94. The van der Waals surface area contributed by atoms with Crippen molar-refractivity contribution in [1.82, 2.24) is 10.2 Å². The first kappa shape index (κ1) is 15.3. The lowest BCUT2D eigenvalue weighted by Crippen LogP contribution is -2.46. The molecule has 2 rings (SSSR count). The van der Waals surface area contributed by atoms with E-state index in [9.17, 15) is 0 Å². The molecule has 20 heavy (non-hydrogen) atoms. The Bertz CT molecular complexity index is 376. The highest BCUT2D eigenvalue weighted by molar-refractivity contribution is 5.48. The smallest absolute Gasteiger partial charge is 0.0367 e. The first-order chi connectivity index (χ1) is 9.78. The molecule has 1 aromatic carbocycles. The highest BCUT2D eigenvalue weighted by Crippen LogP contribution is 2.22. The molecule has 1 N–H and O–H groups in total. The third kappa shape index (κ3) is 3.74. The number of hydrogen-bond acceptors (Lipinski definition) is 3. The van der Waals surface area contributed by atoms with E-state index in [1.807, 2.05) is 7.05 Å². The van der Waals surface area contributed by atoms with Crippen LogP contribution in [0.5, 0.6) is 0 Å². The van der Waals surface area contributed by atoms with E-state index in [4.69, 9.17) is 0 Å². The van der Waals surface area contributed by atoms with Gasteiger partial charge in [-0.3, -0.25) is 4.90 Å². The topological polar surface area (TPSA) is 18.5 Å². The Kier molecular flexibility index (Phi) is 5.86. The summed E-state index contributed by atoms with van der Waals surface area (Å²) in [4.78, 5) is 5.08. The van der Waals surface area contributed by atoms with Gasteiger partial charge in [0.25, 0.3) is 0 Å². The third-order valence-corrected chi connectivity index (χ3v) is 4.33. The van der Waals surface area contributed by atoms with Gasteiger partial charge in [0.15, 0.2) is 0 Å². The van der Waals surface area contributed by atoms with Crippen LogP contribution < -0.4 is 10.2 Å². The molecule has 1 aromatic rings. The molecule has 1 fully saturated rings. The van der Waals surface area contributed by atoms with E-state index in [0.29, 0.717) is 6.04 Å². The van der Waals surface area contributed by atoms with E-state index in [2.05, 4.69) is 53.2 Å². The summed E-state index contributed by atoms with van der Waals surface area (Å²) in [5.41, 5.74) is 2.76. The van der Waals surface area contributed by atoms with Gasteiger partial charge in [-0.25, -0.2) is 0 Å². The molecule has 0 aromatic heterocycles. The predicted molar refractivity (Wildman–Crippen MR) is 87.5 cm³/mol. The van der Waals surface area contributed by atoms with Crippen molar-refractivity contribution in [2.75, 3.05) is 44.7 Å². The zero-order valence-electron chi connectivity index (χ0n) is 13.2. The third-order valence-electron chi connectivity index (χ3n) is 4.33. The van der Waals surface area contributed by atoms with Gasteiger partial charge in [0.05, 0.1) is 0 Å². The standard InChI is InChI=1S/C17H29N3/c1-4-10-19-11-13-20(14-12-19)16-8-6-15(7-9-16)17(5-2)18-3/h6-9,17-18H,4-5,10-14H2,1-3H3. The molecule has 1 heterocycles. The van der Waals surface area contributed by atoms with Gasteiger partial charge in [-0.1, -0.05) is 26.0 Å². The van der Waals surface area contributed by atoms with Gasteiger partial charge >= 0.3 is 0 Å². The SMILES string of the molecule is CCCN1CCN(c2ccc(C(CC)NC)cc2)CC1. The molecular formula is C17H29N3. The van der Waals surface area contributed by atoms with E-state index < -0.39 is 0 Å². The van der Waals surface area contributed by atoms with Crippen molar-refractivity contribution in [3.8, 4) is 0 Å². The number of nitrogens with one attached hydrogen (secondary N) is 1. The molecule has 3 nitrogen and oxygen atoms in total. The molecule has 1 aliphatic rings. The lowest BCUT2D eigenvalue weighted by Gasteiger charge is -2.36. The molecule has 0 amide bonds. The second kappa shape index (κ2) is 7.65. The minimum atomic E-state index is 0.477. The lowest BCUT2D eigenvalue weighted by atomic mass is 10.0. The van der Waals surface area contributed by atoms with E-state index in [0.717, 1.165) is 19.5 Å². The summed E-state index contributed by atoms with van der Waals surface area (Å²) < 4.78 is 0. The van der Waals surface area contributed by atoms with Crippen LogP contribution in [0, 0.1) is 0 Å². The number of anilines is 1. The van der Waals surface area contributed by atoms with Gasteiger partial charge in [0, 0.05) is 37.9 Å². The van der Waals surface area contributed by atoms with Gasteiger partial charge in [0.2, 0.25) is 0 Å². The van der Waals surface area contributed by atoms with Crippen molar-refractivity contribution < 1.29 is 0 Å². The highest BCUT2D eigenvalue weighted by Gasteiger charge is 2.16. The van der Waals surface area contributed by atoms with Crippen molar-refractivity contribution in [3.63, 3.8) is 0 Å². The summed E-state index contributed by atoms with van der Waals surface area (Å²) in [7, 11) is 2.04. The molecule has 1 atom stereocenters. The quantitative estimate of drug-likeness (QED) is 0.861. The van der Waals surface area contributed by atoms with Crippen LogP contribution in [0.4, 0.5) is 5.69 Å². The van der Waals surface area contributed by atoms with Gasteiger partial charge in [-0.05, 0) is 44.1 Å². The summed E-state index contributed by atoms with van der Waals surface area (Å²) in [6.07, 6.45) is 2.39. The maximum absolute atomic E-state index is 3.37. The van der Waals surface area contributed by atoms with Crippen LogP contribution in [0.3, 0.4) is 0 Å². The van der Waals surface area contributed by atoms with Crippen LogP contribution in [0.15, 0.2) is 24.3 Å². The minimum Gasteiger partial charge on any atom is -0.369 e. The summed E-state index contributed by atoms with van der Waals surface area (Å²) in [6.45, 7) is 10.4. The molecule has 0 bridgehead atoms. The monoisotopic (exact) mass is 275 g/mol. The Morgan fingerprint density at radius 1 is 1.05 bits per heavy atom. The number of piperazine rings is 1. The molecule has 1 unspecified atom stereocenters. The summed E-state index contributed by atoms with van der Waals surface area (Å²) in [5.74, 6) is 0. The van der Waals surface area contributed by atoms with E-state index >= 15 is 0 Å². The molecule has 1 saturated heterocycles. The summed E-state index contributed by atoms with van der Waals surface area (Å²) in [5, 5.41) is 3.37. The molecule has 0 saturated carbocycles. The Morgan fingerprint density at radius 3 is 2.20 bits per heavy atom. The lowest BCUT2D eigenvalue weighted by molar-refractivity contribution is 0.258. The van der Waals surface area contributed by atoms with E-state index in [1.165, 1.54) is 37.3 Å². The van der Waals surface area contributed by atoms with Crippen LogP contribution in [0.25, 0.3) is 0 Å². The van der Waals surface area contributed by atoms with Crippen molar-refractivity contribution >= 4 is 5.69 Å². The average Bonchev–Trinajstić information content (AvgIpc) is 2.50. The molecule has 1 aliphatic heterocycles. The zero-order valence-corrected chi connectivity index (χ0v) is 13.2. The minimum absolute atomic E-state index is 0.477. The van der Waals surface area contributed by atoms with Gasteiger partial charge < -0.3 is 10.2 Å². The highest BCUT2D eigenvalue weighted by atomic mass is 15.3. The fourth-order valence-corrected chi connectivity index (χ4v) is 3.07. The van der Waals surface area contributed by atoms with Crippen LogP contribution in [-0.4, -0.2) is 44.7 Å². The number of rotatable bonds is 6. The Labute approximate surface area is 124 Å². The Morgan fingerprint density at radius 2 is 1.70 bits per heavy atom. The molecule has 0 spiro atoms. The van der Waals surface area contributed by atoms with Gasteiger partial charge in [-0.15, -0.1) is 0 Å². The van der Waals surface area contributed by atoms with Crippen molar-refractivity contribution in [3.05, 3.63) is 29.8 Å². The predicted octanol–water partition coefficient (Wildman–Crippen LogP) is 2.89. The van der Waals surface area contributed by atoms with Crippen LogP contribution in [-0.2, 0) is 0 Å². The largest absolute Gasteiger partial charge is 0.369 e. The molecule has 112 valence electrons. The van der Waals surface area contributed by atoms with Crippen LogP contribution in [0.2, 0.25) is 0 Å². The molecule has 0 radical (unpaired) electrons. The van der Waals surface area contributed by atoms with E-state index in [1.54, 1.807) is 0 Å². The fourth-order valence-electron chi connectivity index (χ4n) is 3.07. The normalized spacial score (nSPS) is 18.2. The average molecular weight is 275 g/mol. The van der Waals surface area contributed by atoms with Crippen molar-refractivity contribution in [1.29, 1.82) is 0 Å². The van der Waals surface area contributed by atoms with Gasteiger partial charge in [-0.2, -0.15) is 0 Å². The van der Waals surface area contributed by atoms with Crippen LogP contribution >= 0.6 is 0 Å². The summed E-state index contributed by atoms with van der Waals surface area (Å²) in [6, 6.07) is 9.59. The molecular weight excluding hydrogens is 246 g/mol. The maximum Gasteiger partial charge on any atom is 0.0367 e. The maximum atomic E-state index is 3.37. The molecule has 3 heteroatoms. The number of hydrogen-bond donors (Lipinski definition) is 1. The second-order valence-electron chi connectivity index (χ2n) is 5.67. The number of nitrogens with zero attached hydrogens (tertiary/aromatic N) is 2. The second-order valence-corrected chi connectivity index (χ2v) is 5.67. The summed E-state index contributed by atoms with van der Waals surface area (Å²) >= 11 is 0. The zero-order chi connectivity index (χ0) is 14.4. The van der Waals surface area contributed by atoms with Gasteiger partial charge in [0.1, 0.15) is 0 Å². The van der Waals surface area contributed by atoms with E-state index in [-0.39, 0.29) is 0 Å². The Hall–Kier alpha value is -1.06. The fraction of sp³-hybridized carbons (Fsp3) is 0.647.